The summed E-state index contributed by atoms with van der Waals surface area (Å²) in [6.45, 7) is 4.09. The van der Waals surface area contributed by atoms with Gasteiger partial charge in [0.15, 0.2) is 0 Å². The zero-order valence-electron chi connectivity index (χ0n) is 16.3. The molecule has 1 aliphatic heterocycles. The molecule has 1 aromatic carbocycles. The summed E-state index contributed by atoms with van der Waals surface area (Å²) in [6, 6.07) is 8.90. The summed E-state index contributed by atoms with van der Waals surface area (Å²) in [6.07, 6.45) is 7.80. The van der Waals surface area contributed by atoms with Crippen LogP contribution in [0.2, 0.25) is 0 Å². The van der Waals surface area contributed by atoms with E-state index in [4.69, 9.17) is 4.74 Å². The van der Waals surface area contributed by atoms with E-state index in [0.717, 1.165) is 24.0 Å². The first-order valence-corrected chi connectivity index (χ1v) is 9.85. The van der Waals surface area contributed by atoms with Gasteiger partial charge < -0.3 is 14.7 Å². The average Bonchev–Trinajstić information content (AvgIpc) is 3.51. The minimum Gasteiger partial charge on any atom is -0.480 e. The van der Waals surface area contributed by atoms with Gasteiger partial charge in [-0.3, -0.25) is 9.69 Å². The molecule has 6 heteroatoms. The molecule has 1 unspecified atom stereocenters. The summed E-state index contributed by atoms with van der Waals surface area (Å²) < 4.78 is 5.39. The topological polar surface area (TPSA) is 70.1 Å². The Hall–Kier alpha value is -2.60. The van der Waals surface area contributed by atoms with Crippen LogP contribution in [0.15, 0.2) is 54.1 Å². The van der Waals surface area contributed by atoms with Crippen molar-refractivity contribution >= 4 is 12.1 Å². The number of ether oxygens (including phenoxy) is 1. The number of carboxylic acids is 1. The third-order valence-electron chi connectivity index (χ3n) is 5.10. The van der Waals surface area contributed by atoms with Crippen LogP contribution in [0.1, 0.15) is 25.3 Å². The predicted molar refractivity (Wildman–Crippen MR) is 107 cm³/mol. The molecule has 0 spiro atoms. The molecule has 1 N–H and O–H groups in total. The second-order valence-corrected chi connectivity index (χ2v) is 7.31. The number of carbonyl (C=O) groups is 2. The molecule has 0 bridgehead atoms. The van der Waals surface area contributed by atoms with Crippen molar-refractivity contribution in [3.63, 3.8) is 0 Å². The molecule has 3 rings (SSSR count). The highest BCUT2D eigenvalue weighted by Gasteiger charge is 2.33. The van der Waals surface area contributed by atoms with Gasteiger partial charge in [0.2, 0.25) is 0 Å². The molecule has 2 fully saturated rings. The lowest BCUT2D eigenvalue weighted by atomic mass is 10.0. The van der Waals surface area contributed by atoms with E-state index in [0.29, 0.717) is 32.1 Å². The van der Waals surface area contributed by atoms with Gasteiger partial charge in [0.1, 0.15) is 12.6 Å². The van der Waals surface area contributed by atoms with Crippen LogP contribution in [0.3, 0.4) is 0 Å². The lowest BCUT2D eigenvalue weighted by Crippen LogP contribution is -2.54. The Morgan fingerprint density at radius 3 is 2.43 bits per heavy atom. The van der Waals surface area contributed by atoms with Crippen molar-refractivity contribution < 1.29 is 19.4 Å². The van der Waals surface area contributed by atoms with Gasteiger partial charge >= 0.3 is 12.1 Å². The van der Waals surface area contributed by atoms with Crippen molar-refractivity contribution in [3.05, 3.63) is 59.7 Å². The number of carboxylic acid groups (broad SMARTS) is 1. The van der Waals surface area contributed by atoms with Crippen LogP contribution in [-0.2, 0) is 16.1 Å². The van der Waals surface area contributed by atoms with Crippen LogP contribution in [0, 0.1) is 5.92 Å². The van der Waals surface area contributed by atoms with Crippen LogP contribution >= 0.6 is 0 Å². The summed E-state index contributed by atoms with van der Waals surface area (Å²) in [4.78, 5) is 27.9. The summed E-state index contributed by atoms with van der Waals surface area (Å²) in [5, 5.41) is 9.82. The van der Waals surface area contributed by atoms with Crippen molar-refractivity contribution in [3.8, 4) is 0 Å². The summed E-state index contributed by atoms with van der Waals surface area (Å²) >= 11 is 0. The molecule has 28 heavy (non-hydrogen) atoms. The van der Waals surface area contributed by atoms with E-state index in [-0.39, 0.29) is 12.7 Å². The smallest absolute Gasteiger partial charge is 0.410 e. The van der Waals surface area contributed by atoms with E-state index < -0.39 is 12.0 Å². The van der Waals surface area contributed by atoms with Gasteiger partial charge in [-0.15, -0.1) is 0 Å². The maximum atomic E-state index is 12.3. The normalized spacial score (nSPS) is 19.6. The lowest BCUT2D eigenvalue weighted by molar-refractivity contribution is -0.142. The predicted octanol–water partition coefficient (Wildman–Crippen LogP) is 3.31. The number of hydrogen-bond donors (Lipinski definition) is 1. The molecule has 1 atom stereocenters. The molecule has 6 nitrogen and oxygen atoms in total. The van der Waals surface area contributed by atoms with Gasteiger partial charge in [0.05, 0.1) is 0 Å². The number of rotatable bonds is 7. The number of amides is 1. The van der Waals surface area contributed by atoms with Gasteiger partial charge in [-0.1, -0.05) is 48.6 Å². The minimum absolute atomic E-state index is 0.243. The quantitative estimate of drug-likeness (QED) is 0.731. The first kappa shape index (κ1) is 20.1. The van der Waals surface area contributed by atoms with E-state index in [9.17, 15) is 14.7 Å². The molecule has 1 saturated heterocycles. The van der Waals surface area contributed by atoms with Gasteiger partial charge in [-0.2, -0.15) is 0 Å². The van der Waals surface area contributed by atoms with Crippen molar-refractivity contribution in [1.82, 2.24) is 9.80 Å². The average molecular weight is 384 g/mol. The van der Waals surface area contributed by atoms with Gasteiger partial charge in [-0.05, 0) is 36.8 Å². The standard InChI is InChI=1S/C22H28N2O4/c1-2-6-19(15-17-9-10-17)20(21(25)26)23-11-13-24(14-12-23)22(27)28-16-18-7-4-3-5-8-18/h2-8,15,17,20H,9-14,16H2,1H3,(H,25,26). The second kappa shape index (κ2) is 9.55. The van der Waals surface area contributed by atoms with Crippen molar-refractivity contribution in [2.75, 3.05) is 26.2 Å². The number of carbonyl (C=O) groups excluding carboxylic acids is 1. The molecule has 1 saturated carbocycles. The Morgan fingerprint density at radius 1 is 1.18 bits per heavy atom. The van der Waals surface area contributed by atoms with Gasteiger partial charge in [0, 0.05) is 26.2 Å². The maximum Gasteiger partial charge on any atom is 0.410 e. The lowest BCUT2D eigenvalue weighted by Gasteiger charge is -2.37. The number of benzene rings is 1. The zero-order chi connectivity index (χ0) is 19.9. The van der Waals surface area contributed by atoms with Crippen LogP contribution in [-0.4, -0.2) is 59.2 Å². The number of aliphatic carboxylic acids is 1. The molecule has 150 valence electrons. The van der Waals surface area contributed by atoms with Gasteiger partial charge in [0.25, 0.3) is 0 Å². The number of allylic oxidation sites excluding steroid dienone is 2. The Balaban J connectivity index is 1.56. The van der Waals surface area contributed by atoms with E-state index in [1.165, 1.54) is 0 Å². The molecule has 0 radical (unpaired) electrons. The monoisotopic (exact) mass is 384 g/mol. The summed E-state index contributed by atoms with van der Waals surface area (Å²) in [5.41, 5.74) is 1.79. The number of hydrogen-bond acceptors (Lipinski definition) is 4. The van der Waals surface area contributed by atoms with Crippen LogP contribution in [0.5, 0.6) is 0 Å². The molecule has 1 aliphatic carbocycles. The van der Waals surface area contributed by atoms with Crippen molar-refractivity contribution in [2.24, 2.45) is 5.92 Å². The Labute approximate surface area is 166 Å². The van der Waals surface area contributed by atoms with Crippen molar-refractivity contribution in [2.45, 2.75) is 32.4 Å². The molecule has 0 aromatic heterocycles. The highest BCUT2D eigenvalue weighted by molar-refractivity contribution is 5.78. The third-order valence-corrected chi connectivity index (χ3v) is 5.10. The Bertz CT molecular complexity index is 732. The van der Waals surface area contributed by atoms with E-state index in [2.05, 4.69) is 6.08 Å². The zero-order valence-corrected chi connectivity index (χ0v) is 16.3. The highest BCUT2D eigenvalue weighted by atomic mass is 16.6. The summed E-state index contributed by atoms with van der Waals surface area (Å²) in [5.74, 6) is -0.340. The summed E-state index contributed by atoms with van der Waals surface area (Å²) in [7, 11) is 0. The molecule has 2 aliphatic rings. The first-order valence-electron chi connectivity index (χ1n) is 9.85. The SMILES string of the molecule is CC=CC(=CC1CC1)C(C(=O)O)N1CCN(C(=O)OCc2ccccc2)CC1. The molecular formula is C22H28N2O4. The first-order chi connectivity index (χ1) is 13.6. The molecular weight excluding hydrogens is 356 g/mol. The number of nitrogens with zero attached hydrogens (tertiary/aromatic N) is 2. The van der Waals surface area contributed by atoms with Gasteiger partial charge in [-0.25, -0.2) is 4.79 Å². The Morgan fingerprint density at radius 2 is 1.86 bits per heavy atom. The largest absolute Gasteiger partial charge is 0.480 e. The third kappa shape index (κ3) is 5.45. The fraction of sp³-hybridized carbons (Fsp3) is 0.455. The minimum atomic E-state index is -0.842. The van der Waals surface area contributed by atoms with Crippen LogP contribution in [0.4, 0.5) is 4.79 Å². The van der Waals surface area contributed by atoms with E-state index >= 15 is 0 Å². The van der Waals surface area contributed by atoms with E-state index in [1.54, 1.807) is 4.90 Å². The fourth-order valence-electron chi connectivity index (χ4n) is 3.45. The molecule has 1 amide bonds. The highest BCUT2D eigenvalue weighted by Crippen LogP contribution is 2.33. The molecule has 1 aromatic rings. The maximum absolute atomic E-state index is 12.3. The number of piperazine rings is 1. The molecule has 1 heterocycles. The van der Waals surface area contributed by atoms with Crippen molar-refractivity contribution in [1.29, 1.82) is 0 Å². The van der Waals surface area contributed by atoms with E-state index in [1.807, 2.05) is 54.3 Å². The Kier molecular flexibility index (Phi) is 6.87. The fourth-order valence-corrected chi connectivity index (χ4v) is 3.45. The van der Waals surface area contributed by atoms with Crippen LogP contribution < -0.4 is 0 Å². The van der Waals surface area contributed by atoms with Crippen LogP contribution in [0.25, 0.3) is 0 Å². The second-order valence-electron chi connectivity index (χ2n) is 7.31.